The summed E-state index contributed by atoms with van der Waals surface area (Å²) in [6.45, 7) is 4.16. The predicted octanol–water partition coefficient (Wildman–Crippen LogP) is 3.74. The standard InChI is InChI=1S/C19H24N2O2S/c1-14(12-15-8-11-24-13-15)21-9-6-16(7-10-21)19(23)20-17-4-2-3-5-18(17)22/h2-5,8,11,13-14,16,22H,6-7,9-10,12H2,1H3,(H,20,23)/t14-/m0/s1. The van der Waals surface area contributed by atoms with Gasteiger partial charge in [0.15, 0.2) is 0 Å². The van der Waals surface area contributed by atoms with Gasteiger partial charge >= 0.3 is 0 Å². The fourth-order valence-corrected chi connectivity index (χ4v) is 3.98. The number of carbonyl (C=O) groups is 1. The Bertz CT molecular complexity index is 664. The van der Waals surface area contributed by atoms with E-state index in [1.165, 1.54) is 5.56 Å². The Labute approximate surface area is 147 Å². The highest BCUT2D eigenvalue weighted by molar-refractivity contribution is 7.07. The number of hydrogen-bond acceptors (Lipinski definition) is 4. The molecular formula is C19H24N2O2S. The molecule has 1 aromatic heterocycles. The van der Waals surface area contributed by atoms with Gasteiger partial charge in [0.05, 0.1) is 5.69 Å². The second-order valence-electron chi connectivity index (χ2n) is 6.50. The summed E-state index contributed by atoms with van der Waals surface area (Å²) >= 11 is 1.74. The van der Waals surface area contributed by atoms with Crippen LogP contribution in [0.3, 0.4) is 0 Å². The van der Waals surface area contributed by atoms with E-state index in [4.69, 9.17) is 0 Å². The van der Waals surface area contributed by atoms with Crippen LogP contribution >= 0.6 is 11.3 Å². The molecule has 1 aliphatic heterocycles. The first-order valence-electron chi connectivity index (χ1n) is 8.47. The number of carbonyl (C=O) groups excluding carboxylic acids is 1. The Morgan fingerprint density at radius 1 is 1.33 bits per heavy atom. The predicted molar refractivity (Wildman–Crippen MR) is 98.5 cm³/mol. The molecule has 128 valence electrons. The molecule has 2 aromatic rings. The van der Waals surface area contributed by atoms with Gasteiger partial charge in [-0.15, -0.1) is 0 Å². The van der Waals surface area contributed by atoms with Crippen LogP contribution < -0.4 is 5.32 Å². The number of rotatable bonds is 5. The maximum atomic E-state index is 12.4. The monoisotopic (exact) mass is 344 g/mol. The fraction of sp³-hybridized carbons (Fsp3) is 0.421. The molecule has 2 N–H and O–H groups in total. The van der Waals surface area contributed by atoms with E-state index in [0.717, 1.165) is 32.4 Å². The maximum Gasteiger partial charge on any atom is 0.227 e. The number of nitrogens with one attached hydrogen (secondary N) is 1. The highest BCUT2D eigenvalue weighted by Gasteiger charge is 2.27. The van der Waals surface area contributed by atoms with Crippen molar-refractivity contribution in [2.45, 2.75) is 32.2 Å². The Morgan fingerprint density at radius 3 is 2.75 bits per heavy atom. The van der Waals surface area contributed by atoms with Crippen LogP contribution in [0.5, 0.6) is 5.75 Å². The highest BCUT2D eigenvalue weighted by atomic mass is 32.1. The summed E-state index contributed by atoms with van der Waals surface area (Å²) < 4.78 is 0. The number of thiophene rings is 1. The van der Waals surface area contributed by atoms with Gasteiger partial charge < -0.3 is 15.3 Å². The van der Waals surface area contributed by atoms with Crippen molar-refractivity contribution >= 4 is 22.9 Å². The third-order valence-corrected chi connectivity index (χ3v) is 5.53. The van der Waals surface area contributed by atoms with E-state index < -0.39 is 0 Å². The van der Waals surface area contributed by atoms with E-state index in [-0.39, 0.29) is 17.6 Å². The molecule has 1 atom stereocenters. The molecule has 0 spiro atoms. The largest absolute Gasteiger partial charge is 0.506 e. The number of likely N-dealkylation sites (tertiary alicyclic amines) is 1. The lowest BCUT2D eigenvalue weighted by molar-refractivity contribution is -0.121. The van der Waals surface area contributed by atoms with Gasteiger partial charge in [0.25, 0.3) is 0 Å². The van der Waals surface area contributed by atoms with Gasteiger partial charge in [-0.2, -0.15) is 11.3 Å². The molecule has 3 rings (SSSR count). The summed E-state index contributed by atoms with van der Waals surface area (Å²) in [7, 11) is 0. The number of amides is 1. The zero-order valence-electron chi connectivity index (χ0n) is 13.9. The van der Waals surface area contributed by atoms with Crippen molar-refractivity contribution in [3.63, 3.8) is 0 Å². The third-order valence-electron chi connectivity index (χ3n) is 4.80. The molecule has 2 heterocycles. The number of piperidine rings is 1. The third kappa shape index (κ3) is 4.16. The van der Waals surface area contributed by atoms with E-state index in [0.29, 0.717) is 11.7 Å². The average Bonchev–Trinajstić information content (AvgIpc) is 3.10. The van der Waals surface area contributed by atoms with Crippen LogP contribution in [-0.2, 0) is 11.2 Å². The molecule has 1 aliphatic rings. The number of anilines is 1. The molecule has 1 fully saturated rings. The van der Waals surface area contributed by atoms with Crippen molar-refractivity contribution in [3.8, 4) is 5.75 Å². The molecule has 24 heavy (non-hydrogen) atoms. The minimum absolute atomic E-state index is 0.0154. The van der Waals surface area contributed by atoms with Crippen molar-refractivity contribution in [2.75, 3.05) is 18.4 Å². The number of para-hydroxylation sites is 2. The second kappa shape index (κ2) is 7.81. The Kier molecular flexibility index (Phi) is 5.53. The number of phenolic OH excluding ortho intramolecular Hbond substituents is 1. The molecule has 0 radical (unpaired) electrons. The SMILES string of the molecule is C[C@@H](Cc1ccsc1)N1CCC(C(=O)Nc2ccccc2O)CC1. The zero-order chi connectivity index (χ0) is 16.9. The van der Waals surface area contributed by atoms with E-state index in [2.05, 4.69) is 34.0 Å². The summed E-state index contributed by atoms with van der Waals surface area (Å²) in [6.07, 6.45) is 2.80. The maximum absolute atomic E-state index is 12.4. The lowest BCUT2D eigenvalue weighted by Gasteiger charge is -2.35. The molecule has 4 nitrogen and oxygen atoms in total. The summed E-state index contributed by atoms with van der Waals surface area (Å²) in [5, 5.41) is 17.0. The molecule has 5 heteroatoms. The minimum Gasteiger partial charge on any atom is -0.506 e. The summed E-state index contributed by atoms with van der Waals surface area (Å²) in [5.41, 5.74) is 1.89. The van der Waals surface area contributed by atoms with Gasteiger partial charge in [-0.25, -0.2) is 0 Å². The van der Waals surface area contributed by atoms with Crippen molar-refractivity contribution < 1.29 is 9.90 Å². The zero-order valence-corrected chi connectivity index (χ0v) is 14.8. The van der Waals surface area contributed by atoms with Crippen LogP contribution in [0.25, 0.3) is 0 Å². The molecule has 0 aliphatic carbocycles. The molecule has 0 saturated carbocycles. The van der Waals surface area contributed by atoms with Gasteiger partial charge in [-0.3, -0.25) is 4.79 Å². The number of benzene rings is 1. The van der Waals surface area contributed by atoms with Crippen LogP contribution in [0.1, 0.15) is 25.3 Å². The topological polar surface area (TPSA) is 52.6 Å². The molecule has 1 aromatic carbocycles. The fourth-order valence-electron chi connectivity index (χ4n) is 3.30. The van der Waals surface area contributed by atoms with Crippen molar-refractivity contribution in [1.29, 1.82) is 0 Å². The number of hydrogen-bond donors (Lipinski definition) is 2. The van der Waals surface area contributed by atoms with Gasteiger partial charge in [-0.1, -0.05) is 12.1 Å². The molecule has 0 unspecified atom stereocenters. The average molecular weight is 344 g/mol. The first-order valence-corrected chi connectivity index (χ1v) is 9.41. The van der Waals surface area contributed by atoms with Crippen molar-refractivity contribution in [2.24, 2.45) is 5.92 Å². The lowest BCUT2D eigenvalue weighted by atomic mass is 9.94. The quantitative estimate of drug-likeness (QED) is 0.813. The van der Waals surface area contributed by atoms with Crippen LogP contribution in [0.15, 0.2) is 41.1 Å². The molecule has 0 bridgehead atoms. The van der Waals surface area contributed by atoms with Gasteiger partial charge in [0.2, 0.25) is 5.91 Å². The highest BCUT2D eigenvalue weighted by Crippen LogP contribution is 2.25. The normalized spacial score (nSPS) is 17.5. The Hall–Kier alpha value is -1.85. The van der Waals surface area contributed by atoms with Gasteiger partial charge in [0.1, 0.15) is 5.75 Å². The molecule has 1 amide bonds. The van der Waals surface area contributed by atoms with Crippen LogP contribution in [0.4, 0.5) is 5.69 Å². The number of aromatic hydroxyl groups is 1. The van der Waals surface area contributed by atoms with Crippen molar-refractivity contribution in [1.82, 2.24) is 4.90 Å². The molecule has 1 saturated heterocycles. The minimum atomic E-state index is 0.0154. The second-order valence-corrected chi connectivity index (χ2v) is 7.28. The number of nitrogens with zero attached hydrogens (tertiary/aromatic N) is 1. The smallest absolute Gasteiger partial charge is 0.227 e. The van der Waals surface area contributed by atoms with Crippen LogP contribution in [0.2, 0.25) is 0 Å². The molecular weight excluding hydrogens is 320 g/mol. The lowest BCUT2D eigenvalue weighted by Crippen LogP contribution is -2.43. The first-order chi connectivity index (χ1) is 11.6. The summed E-state index contributed by atoms with van der Waals surface area (Å²) in [6, 6.07) is 9.56. The Morgan fingerprint density at radius 2 is 2.08 bits per heavy atom. The summed E-state index contributed by atoms with van der Waals surface area (Å²) in [5.74, 6) is 0.156. The first kappa shape index (κ1) is 17.0. The van der Waals surface area contributed by atoms with E-state index in [1.54, 1.807) is 29.5 Å². The van der Waals surface area contributed by atoms with Crippen LogP contribution in [-0.4, -0.2) is 35.0 Å². The van der Waals surface area contributed by atoms with E-state index >= 15 is 0 Å². The summed E-state index contributed by atoms with van der Waals surface area (Å²) in [4.78, 5) is 14.9. The number of phenols is 1. The van der Waals surface area contributed by atoms with Gasteiger partial charge in [0, 0.05) is 12.0 Å². The Balaban J connectivity index is 1.49. The van der Waals surface area contributed by atoms with Crippen LogP contribution in [0, 0.1) is 5.92 Å². The van der Waals surface area contributed by atoms with Crippen molar-refractivity contribution in [3.05, 3.63) is 46.7 Å². The van der Waals surface area contributed by atoms with Gasteiger partial charge in [-0.05, 0) is 73.8 Å². The van der Waals surface area contributed by atoms with E-state index in [1.807, 2.05) is 6.07 Å². The van der Waals surface area contributed by atoms with E-state index in [9.17, 15) is 9.90 Å².